The molecule has 3 aromatic heterocycles. The Morgan fingerprint density at radius 2 is 1.73 bits per heavy atom. The molecule has 0 saturated heterocycles. The predicted molar refractivity (Wildman–Crippen MR) is 169 cm³/mol. The zero-order valence-electron chi connectivity index (χ0n) is 25.5. The Balaban J connectivity index is 2.03. The van der Waals surface area contributed by atoms with Crippen molar-refractivity contribution < 1.29 is 29.3 Å². The number of carboxylic acids is 2. The van der Waals surface area contributed by atoms with Crippen molar-refractivity contribution in [1.82, 2.24) is 19.9 Å². The summed E-state index contributed by atoms with van der Waals surface area (Å²) < 4.78 is 5.03. The number of hydrogen-bond donors (Lipinski definition) is 4. The number of carboxylic acid groups (broad SMARTS) is 2. The second kappa shape index (κ2) is 11.9. The molecule has 2 atom stereocenters. The van der Waals surface area contributed by atoms with Gasteiger partial charge in [0.25, 0.3) is 6.47 Å². The SMILES string of the molecule is C=Cc1c(C)c2cc3nc(c(CC(=O)O)c4[nH]c(cc5nc(cc1[nH]2)C(C)=C5CC)c(C)c4C(=O)O)C(CCOC=O)C3C. The molecular weight excluding hydrogens is 560 g/mol. The van der Waals surface area contributed by atoms with Crippen LogP contribution in [0.5, 0.6) is 0 Å². The first-order valence-electron chi connectivity index (χ1n) is 14.6. The van der Waals surface area contributed by atoms with Crippen LogP contribution in [0.2, 0.25) is 0 Å². The minimum absolute atomic E-state index is 0.0133. The van der Waals surface area contributed by atoms with Crippen LogP contribution >= 0.6 is 0 Å². The van der Waals surface area contributed by atoms with Gasteiger partial charge in [0, 0.05) is 45.2 Å². The summed E-state index contributed by atoms with van der Waals surface area (Å²) in [6, 6.07) is 5.78. The minimum Gasteiger partial charge on any atom is -0.481 e. The molecule has 5 heterocycles. The maximum Gasteiger partial charge on any atom is 0.338 e. The lowest BCUT2D eigenvalue weighted by molar-refractivity contribution is -0.136. The van der Waals surface area contributed by atoms with E-state index in [-0.39, 0.29) is 35.1 Å². The molecule has 2 aliphatic heterocycles. The van der Waals surface area contributed by atoms with E-state index in [0.717, 1.165) is 39.0 Å². The van der Waals surface area contributed by atoms with Gasteiger partial charge < -0.3 is 24.9 Å². The van der Waals surface area contributed by atoms with Crippen molar-refractivity contribution >= 4 is 57.7 Å². The number of fused-ring (bicyclic) bond motifs is 8. The molecule has 3 aromatic rings. The van der Waals surface area contributed by atoms with E-state index in [1.54, 1.807) is 6.92 Å². The van der Waals surface area contributed by atoms with E-state index in [2.05, 4.69) is 16.5 Å². The lowest BCUT2D eigenvalue weighted by atomic mass is 9.86. The quantitative estimate of drug-likeness (QED) is 0.157. The molecule has 0 saturated carbocycles. The molecule has 10 heteroatoms. The lowest BCUT2D eigenvalue weighted by Gasteiger charge is -2.17. The van der Waals surface area contributed by atoms with Gasteiger partial charge in [-0.05, 0) is 74.1 Å². The Morgan fingerprint density at radius 1 is 1.02 bits per heavy atom. The van der Waals surface area contributed by atoms with E-state index in [0.29, 0.717) is 47.5 Å². The van der Waals surface area contributed by atoms with E-state index < -0.39 is 18.4 Å². The van der Waals surface area contributed by atoms with Gasteiger partial charge in [0.2, 0.25) is 0 Å². The smallest absolute Gasteiger partial charge is 0.338 e. The molecule has 2 unspecified atom stereocenters. The molecule has 4 N–H and O–H groups in total. The molecule has 2 aliphatic rings. The zero-order chi connectivity index (χ0) is 31.9. The monoisotopic (exact) mass is 596 g/mol. The maximum atomic E-state index is 12.7. The number of carbonyl (C=O) groups is 3. The van der Waals surface area contributed by atoms with Gasteiger partial charge in [-0.15, -0.1) is 0 Å². The van der Waals surface area contributed by atoms with Crippen LogP contribution in [0.25, 0.3) is 39.3 Å². The largest absolute Gasteiger partial charge is 0.481 e. The van der Waals surface area contributed by atoms with Crippen molar-refractivity contribution in [3.05, 3.63) is 75.4 Å². The Labute approximate surface area is 254 Å². The first-order chi connectivity index (χ1) is 21.0. The number of aliphatic carboxylic acids is 1. The predicted octanol–water partition coefficient (Wildman–Crippen LogP) is 6.69. The Hall–Kier alpha value is -4.99. The van der Waals surface area contributed by atoms with Crippen LogP contribution in [0.4, 0.5) is 0 Å². The molecule has 44 heavy (non-hydrogen) atoms. The van der Waals surface area contributed by atoms with Gasteiger partial charge in [-0.2, -0.15) is 0 Å². The van der Waals surface area contributed by atoms with Gasteiger partial charge in [0.1, 0.15) is 0 Å². The molecule has 8 bridgehead atoms. The number of aromatic nitrogens is 4. The fourth-order valence-electron chi connectivity index (χ4n) is 6.49. The summed E-state index contributed by atoms with van der Waals surface area (Å²) >= 11 is 0. The zero-order valence-corrected chi connectivity index (χ0v) is 25.5. The van der Waals surface area contributed by atoms with Crippen molar-refractivity contribution in [2.75, 3.05) is 6.61 Å². The van der Waals surface area contributed by atoms with Crippen molar-refractivity contribution in [2.45, 2.75) is 65.7 Å². The van der Waals surface area contributed by atoms with Crippen molar-refractivity contribution in [1.29, 1.82) is 0 Å². The van der Waals surface area contributed by atoms with Crippen LogP contribution in [0.15, 0.2) is 24.8 Å². The third-order valence-corrected chi connectivity index (χ3v) is 8.89. The van der Waals surface area contributed by atoms with Gasteiger partial charge >= 0.3 is 11.9 Å². The van der Waals surface area contributed by atoms with E-state index >= 15 is 0 Å². The second-order valence-electron chi connectivity index (χ2n) is 11.3. The number of carbonyl (C=O) groups excluding carboxylic acids is 1. The summed E-state index contributed by atoms with van der Waals surface area (Å²) in [4.78, 5) is 52.7. The minimum atomic E-state index is -1.18. The summed E-state index contributed by atoms with van der Waals surface area (Å²) in [5.74, 6) is -2.83. The number of allylic oxidation sites excluding steroid dienone is 2. The number of ether oxygens (including phenoxy) is 1. The normalized spacial score (nSPS) is 16.2. The summed E-state index contributed by atoms with van der Waals surface area (Å²) in [5.41, 5.74) is 9.74. The van der Waals surface area contributed by atoms with Crippen LogP contribution in [0.1, 0.15) is 101 Å². The molecule has 0 aliphatic carbocycles. The van der Waals surface area contributed by atoms with Gasteiger partial charge in [0.05, 0.1) is 41.2 Å². The van der Waals surface area contributed by atoms with E-state index in [9.17, 15) is 24.6 Å². The molecule has 0 amide bonds. The number of nitrogens with zero attached hydrogens (tertiary/aromatic N) is 2. The van der Waals surface area contributed by atoms with Crippen molar-refractivity contribution in [3.8, 4) is 0 Å². The standard InChI is InChI=1S/C34H36N4O6/c1-7-20-16(3)24-12-26-18(5)22(9-10-44-15-39)32(37-26)23(11-30(40)41)33-31(34(42)43)19(6)27(38-33)14-29-21(8-2)17(4)25(36-29)13-28(20)35-24/h7,12-15,18,22,35,38H,1,8-11H2,2-6H3,(H,40,41)(H,42,43). The molecular formula is C34H36N4O6. The van der Waals surface area contributed by atoms with Gasteiger partial charge in [-0.1, -0.05) is 26.5 Å². The summed E-state index contributed by atoms with van der Waals surface area (Å²) in [6.07, 6.45) is 2.44. The first kappa shape index (κ1) is 30.5. The number of aryl methyl sites for hydroxylation is 2. The fourth-order valence-corrected chi connectivity index (χ4v) is 6.49. The van der Waals surface area contributed by atoms with Crippen LogP contribution in [-0.4, -0.2) is 55.2 Å². The Kier molecular flexibility index (Phi) is 8.27. The van der Waals surface area contributed by atoms with E-state index in [1.165, 1.54) is 0 Å². The number of rotatable bonds is 9. The maximum absolute atomic E-state index is 12.7. The average Bonchev–Trinajstić information content (AvgIpc) is 3.65. The highest BCUT2D eigenvalue weighted by atomic mass is 16.5. The number of nitrogens with one attached hydrogen (secondary N) is 2. The lowest BCUT2D eigenvalue weighted by Crippen LogP contribution is -2.11. The number of aromatic amines is 2. The van der Waals surface area contributed by atoms with Crippen LogP contribution in [-0.2, 0) is 20.7 Å². The highest BCUT2D eigenvalue weighted by Crippen LogP contribution is 2.42. The average molecular weight is 597 g/mol. The highest BCUT2D eigenvalue weighted by molar-refractivity contribution is 6.02. The third kappa shape index (κ3) is 5.21. The fraction of sp³-hybridized carbons (Fsp3) is 0.324. The molecule has 0 aromatic carbocycles. The number of hydrogen-bond acceptors (Lipinski definition) is 6. The molecule has 0 fully saturated rings. The molecule has 10 nitrogen and oxygen atoms in total. The van der Waals surface area contributed by atoms with Crippen molar-refractivity contribution in [2.24, 2.45) is 0 Å². The summed E-state index contributed by atoms with van der Waals surface area (Å²) in [6.45, 7) is 14.3. The summed E-state index contributed by atoms with van der Waals surface area (Å²) in [5, 5.41) is 20.4. The van der Waals surface area contributed by atoms with Crippen molar-refractivity contribution in [3.63, 3.8) is 0 Å². The van der Waals surface area contributed by atoms with E-state index in [4.69, 9.17) is 14.7 Å². The Bertz CT molecular complexity index is 1910. The molecule has 5 rings (SSSR count). The van der Waals surface area contributed by atoms with Gasteiger partial charge in [-0.25, -0.2) is 9.78 Å². The van der Waals surface area contributed by atoms with Crippen LogP contribution in [0, 0.1) is 13.8 Å². The van der Waals surface area contributed by atoms with Crippen LogP contribution in [0.3, 0.4) is 0 Å². The third-order valence-electron chi connectivity index (χ3n) is 8.89. The van der Waals surface area contributed by atoms with E-state index in [1.807, 2.05) is 52.0 Å². The molecule has 228 valence electrons. The van der Waals surface area contributed by atoms with Crippen LogP contribution < -0.4 is 0 Å². The number of H-pyrrole nitrogens is 2. The highest BCUT2D eigenvalue weighted by Gasteiger charge is 2.33. The molecule has 0 spiro atoms. The van der Waals surface area contributed by atoms with Gasteiger partial charge in [-0.3, -0.25) is 14.6 Å². The molecule has 0 radical (unpaired) electrons. The summed E-state index contributed by atoms with van der Waals surface area (Å²) in [7, 11) is 0. The van der Waals surface area contributed by atoms with Gasteiger partial charge in [0.15, 0.2) is 0 Å². The second-order valence-corrected chi connectivity index (χ2v) is 11.3. The Morgan fingerprint density at radius 3 is 2.36 bits per heavy atom. The number of aromatic carboxylic acids is 1. The topological polar surface area (TPSA) is 158 Å². The first-order valence-corrected chi connectivity index (χ1v) is 14.6.